The van der Waals surface area contributed by atoms with Gasteiger partial charge in [-0.15, -0.1) is 0 Å². The minimum absolute atomic E-state index is 0.333. The molecule has 0 bridgehead atoms. The molecule has 1 nitrogen and oxygen atoms in total. The Morgan fingerprint density at radius 3 is 2.00 bits per heavy atom. The van der Waals surface area contributed by atoms with Crippen LogP contribution < -0.4 is 0 Å². The summed E-state index contributed by atoms with van der Waals surface area (Å²) in [6, 6.07) is 0. The molecule has 0 saturated heterocycles. The SMILES string of the molecule is CCCC(=O)C(CC)CC. The van der Waals surface area contributed by atoms with E-state index < -0.39 is 0 Å². The summed E-state index contributed by atoms with van der Waals surface area (Å²) in [5.74, 6) is 0.785. The maximum Gasteiger partial charge on any atom is 0.135 e. The third kappa shape index (κ3) is 3.00. The lowest BCUT2D eigenvalue weighted by atomic mass is 9.95. The Kier molecular flexibility index (Phi) is 5.27. The average molecular weight is 142 g/mol. The molecule has 0 saturated carbocycles. The first kappa shape index (κ1) is 9.67. The van der Waals surface area contributed by atoms with Crippen LogP contribution in [0.3, 0.4) is 0 Å². The van der Waals surface area contributed by atoms with Gasteiger partial charge < -0.3 is 0 Å². The molecular weight excluding hydrogens is 124 g/mol. The molecular formula is C9H18O. The van der Waals surface area contributed by atoms with Crippen molar-refractivity contribution in [2.45, 2.75) is 46.5 Å². The second kappa shape index (κ2) is 5.45. The molecule has 0 aromatic carbocycles. The highest BCUT2D eigenvalue weighted by Crippen LogP contribution is 2.11. The summed E-state index contributed by atoms with van der Waals surface area (Å²) in [4.78, 5) is 11.2. The summed E-state index contributed by atoms with van der Waals surface area (Å²) < 4.78 is 0. The third-order valence-electron chi connectivity index (χ3n) is 1.94. The predicted molar refractivity (Wildman–Crippen MR) is 44.0 cm³/mol. The number of carbonyl (C=O) groups excluding carboxylic acids is 1. The van der Waals surface area contributed by atoms with Crippen molar-refractivity contribution in [1.29, 1.82) is 0 Å². The zero-order valence-corrected chi connectivity index (χ0v) is 7.31. The van der Waals surface area contributed by atoms with Gasteiger partial charge in [-0.2, -0.15) is 0 Å². The van der Waals surface area contributed by atoms with E-state index in [-0.39, 0.29) is 0 Å². The smallest absolute Gasteiger partial charge is 0.135 e. The molecule has 0 aliphatic heterocycles. The first-order valence-corrected chi connectivity index (χ1v) is 4.28. The van der Waals surface area contributed by atoms with Gasteiger partial charge in [-0.05, 0) is 19.3 Å². The van der Waals surface area contributed by atoms with Gasteiger partial charge in [-0.1, -0.05) is 20.8 Å². The summed E-state index contributed by atoms with van der Waals surface area (Å²) in [6.45, 7) is 6.23. The molecule has 0 heterocycles. The van der Waals surface area contributed by atoms with E-state index in [0.717, 1.165) is 25.7 Å². The minimum Gasteiger partial charge on any atom is -0.299 e. The van der Waals surface area contributed by atoms with Gasteiger partial charge in [0.1, 0.15) is 5.78 Å². The summed E-state index contributed by atoms with van der Waals surface area (Å²) in [5, 5.41) is 0. The molecule has 0 fully saturated rings. The second-order valence-electron chi connectivity index (χ2n) is 2.73. The number of hydrogen-bond acceptors (Lipinski definition) is 1. The molecule has 0 atom stereocenters. The Bertz CT molecular complexity index is 92.9. The molecule has 0 aliphatic rings. The van der Waals surface area contributed by atoms with E-state index in [1.807, 2.05) is 0 Å². The van der Waals surface area contributed by atoms with Crippen LogP contribution in [0, 0.1) is 5.92 Å². The quantitative estimate of drug-likeness (QED) is 0.577. The maximum atomic E-state index is 11.2. The number of rotatable bonds is 5. The monoisotopic (exact) mass is 142 g/mol. The Balaban J connectivity index is 3.65. The lowest BCUT2D eigenvalue weighted by Crippen LogP contribution is -2.11. The lowest BCUT2D eigenvalue weighted by Gasteiger charge is -2.08. The van der Waals surface area contributed by atoms with Gasteiger partial charge in [0, 0.05) is 12.3 Å². The highest BCUT2D eigenvalue weighted by atomic mass is 16.1. The van der Waals surface area contributed by atoms with E-state index in [0.29, 0.717) is 11.7 Å². The summed E-state index contributed by atoms with van der Waals surface area (Å²) in [6.07, 6.45) is 3.78. The highest BCUT2D eigenvalue weighted by molar-refractivity contribution is 5.80. The normalized spacial score (nSPS) is 10.4. The van der Waals surface area contributed by atoms with E-state index in [4.69, 9.17) is 0 Å². The molecule has 0 rings (SSSR count). The van der Waals surface area contributed by atoms with Crippen molar-refractivity contribution in [3.05, 3.63) is 0 Å². The van der Waals surface area contributed by atoms with Gasteiger partial charge in [0.15, 0.2) is 0 Å². The van der Waals surface area contributed by atoms with Crippen molar-refractivity contribution < 1.29 is 4.79 Å². The minimum atomic E-state index is 0.333. The maximum absolute atomic E-state index is 11.2. The molecule has 0 aromatic heterocycles. The highest BCUT2D eigenvalue weighted by Gasteiger charge is 2.11. The van der Waals surface area contributed by atoms with E-state index in [1.165, 1.54) is 0 Å². The fraction of sp³-hybridized carbons (Fsp3) is 0.889. The van der Waals surface area contributed by atoms with E-state index in [9.17, 15) is 4.79 Å². The zero-order chi connectivity index (χ0) is 7.98. The van der Waals surface area contributed by atoms with Crippen molar-refractivity contribution in [2.24, 2.45) is 5.92 Å². The number of hydrogen-bond donors (Lipinski definition) is 0. The molecule has 0 unspecified atom stereocenters. The van der Waals surface area contributed by atoms with Crippen LogP contribution in [-0.4, -0.2) is 5.78 Å². The molecule has 0 spiro atoms. The Hall–Kier alpha value is -0.330. The third-order valence-corrected chi connectivity index (χ3v) is 1.94. The number of carbonyl (C=O) groups is 1. The van der Waals surface area contributed by atoms with Gasteiger partial charge in [-0.3, -0.25) is 4.79 Å². The Labute approximate surface area is 63.8 Å². The van der Waals surface area contributed by atoms with Crippen molar-refractivity contribution in [1.82, 2.24) is 0 Å². The van der Waals surface area contributed by atoms with Crippen LogP contribution in [-0.2, 0) is 4.79 Å². The molecule has 0 aromatic rings. The molecule has 10 heavy (non-hydrogen) atoms. The summed E-state index contributed by atoms with van der Waals surface area (Å²) in [7, 11) is 0. The first-order chi connectivity index (χ1) is 4.76. The number of ketones is 1. The van der Waals surface area contributed by atoms with Crippen molar-refractivity contribution in [2.75, 3.05) is 0 Å². The van der Waals surface area contributed by atoms with Gasteiger partial charge in [0.05, 0.1) is 0 Å². The van der Waals surface area contributed by atoms with Crippen LogP contribution in [0.4, 0.5) is 0 Å². The van der Waals surface area contributed by atoms with E-state index in [1.54, 1.807) is 0 Å². The molecule has 60 valence electrons. The van der Waals surface area contributed by atoms with Gasteiger partial charge in [-0.25, -0.2) is 0 Å². The Morgan fingerprint density at radius 2 is 1.70 bits per heavy atom. The van der Waals surface area contributed by atoms with Crippen LogP contribution in [0.1, 0.15) is 46.5 Å². The number of Topliss-reactive ketones (excluding diaryl/α,β-unsaturated/α-hetero) is 1. The first-order valence-electron chi connectivity index (χ1n) is 4.28. The Morgan fingerprint density at radius 1 is 1.20 bits per heavy atom. The molecule has 1 heteroatoms. The van der Waals surface area contributed by atoms with Gasteiger partial charge in [0.25, 0.3) is 0 Å². The standard InChI is InChI=1S/C9H18O/c1-4-7-9(10)8(5-2)6-3/h8H,4-7H2,1-3H3. The molecule has 0 N–H and O–H groups in total. The topological polar surface area (TPSA) is 17.1 Å². The predicted octanol–water partition coefficient (Wildman–Crippen LogP) is 2.79. The van der Waals surface area contributed by atoms with Crippen LogP contribution >= 0.6 is 0 Å². The van der Waals surface area contributed by atoms with Crippen LogP contribution in [0.5, 0.6) is 0 Å². The van der Waals surface area contributed by atoms with Crippen molar-refractivity contribution in [3.8, 4) is 0 Å². The zero-order valence-electron chi connectivity index (χ0n) is 7.31. The van der Waals surface area contributed by atoms with Crippen molar-refractivity contribution in [3.63, 3.8) is 0 Å². The molecule has 0 amide bonds. The largest absolute Gasteiger partial charge is 0.299 e. The molecule has 0 aliphatic carbocycles. The summed E-state index contributed by atoms with van der Waals surface area (Å²) >= 11 is 0. The van der Waals surface area contributed by atoms with E-state index in [2.05, 4.69) is 20.8 Å². The van der Waals surface area contributed by atoms with E-state index >= 15 is 0 Å². The van der Waals surface area contributed by atoms with Crippen molar-refractivity contribution >= 4 is 5.78 Å². The van der Waals surface area contributed by atoms with Gasteiger partial charge >= 0.3 is 0 Å². The van der Waals surface area contributed by atoms with Gasteiger partial charge in [0.2, 0.25) is 0 Å². The summed E-state index contributed by atoms with van der Waals surface area (Å²) in [5.41, 5.74) is 0. The van der Waals surface area contributed by atoms with Crippen LogP contribution in [0.25, 0.3) is 0 Å². The lowest BCUT2D eigenvalue weighted by molar-refractivity contribution is -0.123. The van der Waals surface area contributed by atoms with Crippen LogP contribution in [0.15, 0.2) is 0 Å². The average Bonchev–Trinajstić information content (AvgIpc) is 1.91. The second-order valence-corrected chi connectivity index (χ2v) is 2.73. The van der Waals surface area contributed by atoms with Crippen LogP contribution in [0.2, 0.25) is 0 Å². The fourth-order valence-electron chi connectivity index (χ4n) is 1.19. The molecule has 0 radical (unpaired) electrons. The fourth-order valence-corrected chi connectivity index (χ4v) is 1.19.